The van der Waals surface area contributed by atoms with Crippen molar-refractivity contribution in [2.45, 2.75) is 19.5 Å². The van der Waals surface area contributed by atoms with Gasteiger partial charge in [0.15, 0.2) is 0 Å². The fourth-order valence-corrected chi connectivity index (χ4v) is 4.11. The standard InChI is InChI=1S/C22H23N3O4S/c1-17(22(26)24-16-18-12-14-23-15-13-18)25(30(2,27)28)19-8-10-21(11-9-19)29-20-6-4-3-5-7-20/h3-15,17H,16H2,1-2H3,(H,24,26)/t17-/m1/s1. The summed E-state index contributed by atoms with van der Waals surface area (Å²) in [4.78, 5) is 16.6. The molecule has 0 aliphatic carbocycles. The molecule has 2 aromatic carbocycles. The Morgan fingerprint density at radius 1 is 1.00 bits per heavy atom. The average Bonchev–Trinajstić information content (AvgIpc) is 2.74. The van der Waals surface area contributed by atoms with Crippen molar-refractivity contribution in [1.82, 2.24) is 10.3 Å². The number of pyridine rings is 1. The molecule has 30 heavy (non-hydrogen) atoms. The Balaban J connectivity index is 1.74. The summed E-state index contributed by atoms with van der Waals surface area (Å²) in [7, 11) is -3.70. The van der Waals surface area contributed by atoms with Crippen LogP contribution in [0.25, 0.3) is 0 Å². The Hall–Kier alpha value is -3.39. The molecule has 156 valence electrons. The zero-order chi connectivity index (χ0) is 21.6. The Morgan fingerprint density at radius 2 is 1.60 bits per heavy atom. The number of sulfonamides is 1. The molecule has 1 amide bonds. The molecule has 3 aromatic rings. The van der Waals surface area contributed by atoms with Crippen molar-refractivity contribution in [3.63, 3.8) is 0 Å². The van der Waals surface area contributed by atoms with Crippen molar-refractivity contribution in [1.29, 1.82) is 0 Å². The van der Waals surface area contributed by atoms with Crippen molar-refractivity contribution in [2.24, 2.45) is 0 Å². The van der Waals surface area contributed by atoms with E-state index in [0.717, 1.165) is 16.1 Å². The third-order valence-electron chi connectivity index (χ3n) is 4.37. The molecule has 0 bridgehead atoms. The van der Waals surface area contributed by atoms with Gasteiger partial charge in [-0.25, -0.2) is 8.42 Å². The Kier molecular flexibility index (Phi) is 6.68. The number of carbonyl (C=O) groups excluding carboxylic acids is 1. The predicted octanol–water partition coefficient (Wildman–Crippen LogP) is 3.34. The number of rotatable bonds is 8. The molecule has 0 saturated carbocycles. The number of para-hydroxylation sites is 1. The lowest BCUT2D eigenvalue weighted by Gasteiger charge is -2.28. The quantitative estimate of drug-likeness (QED) is 0.598. The number of hydrogen-bond donors (Lipinski definition) is 1. The number of benzene rings is 2. The summed E-state index contributed by atoms with van der Waals surface area (Å²) >= 11 is 0. The number of carbonyl (C=O) groups is 1. The minimum atomic E-state index is -3.70. The van der Waals surface area contributed by atoms with Crippen molar-refractivity contribution < 1.29 is 17.9 Å². The van der Waals surface area contributed by atoms with Crippen LogP contribution >= 0.6 is 0 Å². The summed E-state index contributed by atoms with van der Waals surface area (Å²) < 4.78 is 31.7. The van der Waals surface area contributed by atoms with E-state index in [1.165, 1.54) is 0 Å². The molecule has 1 atom stereocenters. The minimum absolute atomic E-state index is 0.285. The van der Waals surface area contributed by atoms with Gasteiger partial charge in [-0.05, 0) is 61.0 Å². The van der Waals surface area contributed by atoms with E-state index in [1.54, 1.807) is 55.7 Å². The van der Waals surface area contributed by atoms with Gasteiger partial charge in [-0.2, -0.15) is 0 Å². The number of amides is 1. The van der Waals surface area contributed by atoms with Crippen LogP contribution in [0.15, 0.2) is 79.1 Å². The van der Waals surface area contributed by atoms with Gasteiger partial charge in [-0.3, -0.25) is 14.1 Å². The maximum absolute atomic E-state index is 12.6. The fourth-order valence-electron chi connectivity index (χ4n) is 2.93. The molecule has 0 radical (unpaired) electrons. The summed E-state index contributed by atoms with van der Waals surface area (Å²) in [5.74, 6) is 0.837. The molecule has 0 aliphatic rings. The van der Waals surface area contributed by atoms with Crippen LogP contribution in [-0.4, -0.2) is 31.6 Å². The SMILES string of the molecule is C[C@H](C(=O)NCc1ccncc1)N(c1ccc(Oc2ccccc2)cc1)S(C)(=O)=O. The van der Waals surface area contributed by atoms with Crippen LogP contribution in [0.4, 0.5) is 5.69 Å². The lowest BCUT2D eigenvalue weighted by Crippen LogP contribution is -2.47. The molecule has 0 fully saturated rings. The number of nitrogens with one attached hydrogen (secondary N) is 1. The van der Waals surface area contributed by atoms with Gasteiger partial charge in [0.2, 0.25) is 15.9 Å². The smallest absolute Gasteiger partial charge is 0.243 e. The van der Waals surface area contributed by atoms with Crippen LogP contribution < -0.4 is 14.4 Å². The lowest BCUT2D eigenvalue weighted by molar-refractivity contribution is -0.122. The molecular weight excluding hydrogens is 402 g/mol. The highest BCUT2D eigenvalue weighted by atomic mass is 32.2. The summed E-state index contributed by atoms with van der Waals surface area (Å²) in [6.45, 7) is 1.84. The summed E-state index contributed by atoms with van der Waals surface area (Å²) in [5, 5.41) is 2.77. The van der Waals surface area contributed by atoms with Crippen LogP contribution in [0.3, 0.4) is 0 Å². The summed E-state index contributed by atoms with van der Waals surface area (Å²) in [5.41, 5.74) is 1.25. The van der Waals surface area contributed by atoms with E-state index in [0.29, 0.717) is 17.2 Å². The van der Waals surface area contributed by atoms with E-state index in [9.17, 15) is 13.2 Å². The second-order valence-electron chi connectivity index (χ2n) is 6.72. The highest BCUT2D eigenvalue weighted by Crippen LogP contribution is 2.26. The second-order valence-corrected chi connectivity index (χ2v) is 8.58. The number of ether oxygens (including phenoxy) is 1. The molecular formula is C22H23N3O4S. The zero-order valence-electron chi connectivity index (χ0n) is 16.7. The Labute approximate surface area is 176 Å². The summed E-state index contributed by atoms with van der Waals surface area (Å²) in [6.07, 6.45) is 4.34. The van der Waals surface area contributed by atoms with Crippen molar-refractivity contribution in [2.75, 3.05) is 10.6 Å². The molecule has 0 spiro atoms. The molecule has 0 aliphatic heterocycles. The first kappa shape index (κ1) is 21.3. The number of aromatic nitrogens is 1. The first-order valence-electron chi connectivity index (χ1n) is 9.33. The second kappa shape index (κ2) is 9.41. The van der Waals surface area contributed by atoms with Gasteiger partial charge in [0.1, 0.15) is 17.5 Å². The molecule has 1 N–H and O–H groups in total. The van der Waals surface area contributed by atoms with Gasteiger partial charge in [-0.15, -0.1) is 0 Å². The molecule has 8 heteroatoms. The highest BCUT2D eigenvalue weighted by molar-refractivity contribution is 7.92. The van der Waals surface area contributed by atoms with Gasteiger partial charge in [-0.1, -0.05) is 18.2 Å². The number of nitrogens with zero attached hydrogens (tertiary/aromatic N) is 2. The maximum Gasteiger partial charge on any atom is 0.243 e. The molecule has 0 saturated heterocycles. The molecule has 7 nitrogen and oxygen atoms in total. The minimum Gasteiger partial charge on any atom is -0.457 e. The third-order valence-corrected chi connectivity index (χ3v) is 5.62. The Morgan fingerprint density at radius 3 is 2.20 bits per heavy atom. The fraction of sp³-hybridized carbons (Fsp3) is 0.182. The molecule has 3 rings (SSSR count). The topological polar surface area (TPSA) is 88.6 Å². The van der Waals surface area contributed by atoms with Gasteiger partial charge < -0.3 is 10.1 Å². The van der Waals surface area contributed by atoms with Crippen LogP contribution in [-0.2, 0) is 21.4 Å². The first-order valence-corrected chi connectivity index (χ1v) is 11.2. The van der Waals surface area contributed by atoms with Gasteiger partial charge >= 0.3 is 0 Å². The maximum atomic E-state index is 12.6. The molecule has 0 unspecified atom stereocenters. The average molecular weight is 426 g/mol. The lowest BCUT2D eigenvalue weighted by atomic mass is 10.2. The highest BCUT2D eigenvalue weighted by Gasteiger charge is 2.29. The van der Waals surface area contributed by atoms with Crippen LogP contribution in [0.1, 0.15) is 12.5 Å². The van der Waals surface area contributed by atoms with E-state index >= 15 is 0 Å². The van der Waals surface area contributed by atoms with Gasteiger partial charge in [0.25, 0.3) is 0 Å². The van der Waals surface area contributed by atoms with E-state index in [1.807, 2.05) is 30.3 Å². The van der Waals surface area contributed by atoms with E-state index < -0.39 is 22.0 Å². The van der Waals surface area contributed by atoms with Crippen LogP contribution in [0.2, 0.25) is 0 Å². The first-order chi connectivity index (χ1) is 14.3. The zero-order valence-corrected chi connectivity index (χ0v) is 17.5. The number of anilines is 1. The van der Waals surface area contributed by atoms with Crippen molar-refractivity contribution in [3.8, 4) is 11.5 Å². The Bertz CT molecular complexity index is 1070. The third kappa shape index (κ3) is 5.57. The number of hydrogen-bond acceptors (Lipinski definition) is 5. The molecule has 1 aromatic heterocycles. The van der Waals surface area contributed by atoms with E-state index in [-0.39, 0.29) is 6.54 Å². The van der Waals surface area contributed by atoms with Gasteiger partial charge in [0, 0.05) is 18.9 Å². The predicted molar refractivity (Wildman–Crippen MR) is 116 cm³/mol. The van der Waals surface area contributed by atoms with Crippen molar-refractivity contribution in [3.05, 3.63) is 84.7 Å². The van der Waals surface area contributed by atoms with E-state index in [2.05, 4.69) is 10.3 Å². The van der Waals surface area contributed by atoms with Crippen molar-refractivity contribution >= 4 is 21.6 Å². The van der Waals surface area contributed by atoms with Crippen LogP contribution in [0, 0.1) is 0 Å². The summed E-state index contributed by atoms with van der Waals surface area (Å²) in [6, 6.07) is 18.5. The van der Waals surface area contributed by atoms with Crippen LogP contribution in [0.5, 0.6) is 11.5 Å². The largest absolute Gasteiger partial charge is 0.457 e. The van der Waals surface area contributed by atoms with E-state index in [4.69, 9.17) is 4.74 Å². The molecule has 1 heterocycles. The van der Waals surface area contributed by atoms with Gasteiger partial charge in [0.05, 0.1) is 11.9 Å². The monoisotopic (exact) mass is 425 g/mol. The normalized spacial score (nSPS) is 12.1.